The van der Waals surface area contributed by atoms with Crippen molar-refractivity contribution in [1.29, 1.82) is 0 Å². The van der Waals surface area contributed by atoms with Gasteiger partial charge in [0.1, 0.15) is 6.04 Å². The van der Waals surface area contributed by atoms with Gasteiger partial charge in [-0.25, -0.2) is 4.79 Å². The third kappa shape index (κ3) is 12.2. The number of rotatable bonds is 16. The number of benzene rings is 1. The third-order valence-electron chi connectivity index (χ3n) is 7.90. The van der Waals surface area contributed by atoms with Crippen LogP contribution in [-0.2, 0) is 28.7 Å². The minimum absolute atomic E-state index is 0.195. The molecule has 2 heterocycles. The van der Waals surface area contributed by atoms with Crippen LogP contribution in [0.5, 0.6) is 0 Å². The van der Waals surface area contributed by atoms with Gasteiger partial charge in [-0.15, -0.1) is 0 Å². The number of hydrogen-bond donors (Lipinski definition) is 2. The van der Waals surface area contributed by atoms with Gasteiger partial charge in [-0.05, 0) is 43.5 Å². The second kappa shape index (κ2) is 17.6. The van der Waals surface area contributed by atoms with Crippen LogP contribution in [0.25, 0.3) is 0 Å². The molecule has 0 saturated carbocycles. The maximum Gasteiger partial charge on any atom is 0.491 e. The van der Waals surface area contributed by atoms with Gasteiger partial charge in [0.2, 0.25) is 17.7 Å². The Morgan fingerprint density at radius 3 is 1.91 bits per heavy atom. The van der Waals surface area contributed by atoms with Crippen molar-refractivity contribution >= 4 is 41.0 Å². The Kier molecular flexibility index (Phi) is 13.9. The molecule has 1 atom stereocenters. The largest absolute Gasteiger partial charge is 0.491 e. The third-order valence-corrected chi connectivity index (χ3v) is 7.90. The molecule has 0 bridgehead atoms. The highest BCUT2D eigenvalue weighted by Gasteiger charge is 2.42. The number of anilines is 2. The first kappa shape index (κ1) is 34.8. The van der Waals surface area contributed by atoms with E-state index in [9.17, 15) is 37.1 Å². The number of unbranched alkanes of at least 4 members (excludes halogenated alkanes) is 9. The number of carbonyl (C=O) groups is 5. The first-order valence-corrected chi connectivity index (χ1v) is 15.6. The lowest BCUT2D eigenvalue weighted by Gasteiger charge is -2.36. The number of hydrogen-bond acceptors (Lipinski definition) is 8. The standard InChI is InChI=1S/C31H43F3N4O6/c32-31(33,34)30(43)44-28(41)12-10-8-6-4-2-1-3-5-7-9-11-27(40)38-21-19-37(20-22-38)24-15-13-23(14-16-24)35-25-17-18-26(39)36-29(25)42/h13-16,25,35H,1-12,17-22H2,(H,36,39,42)/t25-/m0/s1. The molecule has 0 radical (unpaired) electrons. The zero-order valence-electron chi connectivity index (χ0n) is 25.1. The number of alkyl halides is 3. The summed E-state index contributed by atoms with van der Waals surface area (Å²) in [6, 6.07) is 7.44. The minimum Gasteiger partial charge on any atom is -0.386 e. The molecule has 2 N–H and O–H groups in total. The number of piperazine rings is 1. The van der Waals surface area contributed by atoms with E-state index in [1.807, 2.05) is 29.2 Å². The summed E-state index contributed by atoms with van der Waals surface area (Å²) >= 11 is 0. The molecule has 0 aromatic heterocycles. The van der Waals surface area contributed by atoms with E-state index in [2.05, 4.69) is 20.3 Å². The highest BCUT2D eigenvalue weighted by Crippen LogP contribution is 2.22. The van der Waals surface area contributed by atoms with Crippen LogP contribution < -0.4 is 15.5 Å². The second-order valence-electron chi connectivity index (χ2n) is 11.4. The highest BCUT2D eigenvalue weighted by atomic mass is 19.4. The van der Waals surface area contributed by atoms with Gasteiger partial charge >= 0.3 is 18.1 Å². The van der Waals surface area contributed by atoms with Gasteiger partial charge < -0.3 is 19.9 Å². The number of piperidine rings is 1. The molecule has 1 aromatic rings. The Bertz CT molecular complexity index is 1120. The van der Waals surface area contributed by atoms with E-state index in [0.29, 0.717) is 45.2 Å². The monoisotopic (exact) mass is 624 g/mol. The average molecular weight is 625 g/mol. The van der Waals surface area contributed by atoms with Crippen LogP contribution in [-0.4, -0.2) is 73.0 Å². The Labute approximate surface area is 256 Å². The molecule has 44 heavy (non-hydrogen) atoms. The van der Waals surface area contributed by atoms with Crippen LogP contribution >= 0.6 is 0 Å². The summed E-state index contributed by atoms with van der Waals surface area (Å²) in [4.78, 5) is 62.0. The molecule has 0 aliphatic carbocycles. The van der Waals surface area contributed by atoms with Gasteiger partial charge in [0.15, 0.2) is 0 Å². The summed E-state index contributed by atoms with van der Waals surface area (Å²) in [5.74, 6) is -3.95. The summed E-state index contributed by atoms with van der Waals surface area (Å²) in [5.41, 5.74) is 1.88. The topological polar surface area (TPSA) is 125 Å². The molecule has 2 aliphatic heterocycles. The van der Waals surface area contributed by atoms with Crippen LogP contribution in [0.2, 0.25) is 0 Å². The fourth-order valence-corrected chi connectivity index (χ4v) is 5.35. The van der Waals surface area contributed by atoms with E-state index in [1.165, 1.54) is 0 Å². The van der Waals surface area contributed by atoms with Gasteiger partial charge in [-0.3, -0.25) is 24.5 Å². The summed E-state index contributed by atoms with van der Waals surface area (Å²) in [5, 5.41) is 5.53. The fraction of sp³-hybridized carbons (Fsp3) is 0.645. The van der Waals surface area contributed by atoms with Crippen molar-refractivity contribution in [3.8, 4) is 0 Å². The number of nitrogens with zero attached hydrogens (tertiary/aromatic N) is 2. The smallest absolute Gasteiger partial charge is 0.386 e. The van der Waals surface area contributed by atoms with Gasteiger partial charge in [0, 0.05) is 56.8 Å². The number of carbonyl (C=O) groups excluding carboxylic acids is 5. The van der Waals surface area contributed by atoms with Gasteiger partial charge in [-0.2, -0.15) is 13.2 Å². The molecule has 2 saturated heterocycles. The van der Waals surface area contributed by atoms with Crippen molar-refractivity contribution in [3.05, 3.63) is 24.3 Å². The molecule has 2 aliphatic rings. The molecule has 13 heteroatoms. The zero-order valence-corrected chi connectivity index (χ0v) is 25.1. The van der Waals surface area contributed by atoms with Crippen LogP contribution in [0, 0.1) is 0 Å². The van der Waals surface area contributed by atoms with E-state index in [0.717, 1.165) is 75.8 Å². The number of esters is 2. The lowest BCUT2D eigenvalue weighted by molar-refractivity contribution is -0.201. The summed E-state index contributed by atoms with van der Waals surface area (Å²) in [6.07, 6.45) is 5.08. The molecular weight excluding hydrogens is 581 g/mol. The maximum absolute atomic E-state index is 12.7. The van der Waals surface area contributed by atoms with Crippen molar-refractivity contribution < 1.29 is 41.9 Å². The Hall–Kier alpha value is -3.64. The van der Waals surface area contributed by atoms with E-state index < -0.39 is 24.2 Å². The van der Waals surface area contributed by atoms with Crippen LogP contribution in [0.15, 0.2) is 24.3 Å². The molecule has 2 fully saturated rings. The van der Waals surface area contributed by atoms with E-state index in [-0.39, 0.29) is 24.1 Å². The molecule has 0 spiro atoms. The molecule has 3 rings (SSSR count). The van der Waals surface area contributed by atoms with Crippen molar-refractivity contribution in [1.82, 2.24) is 10.2 Å². The predicted molar refractivity (Wildman–Crippen MR) is 158 cm³/mol. The lowest BCUT2D eigenvalue weighted by atomic mass is 10.0. The van der Waals surface area contributed by atoms with Crippen molar-refractivity contribution in [2.24, 2.45) is 0 Å². The van der Waals surface area contributed by atoms with E-state index in [4.69, 9.17) is 0 Å². The Morgan fingerprint density at radius 1 is 0.818 bits per heavy atom. The summed E-state index contributed by atoms with van der Waals surface area (Å²) < 4.78 is 39.9. The quantitative estimate of drug-likeness (QED) is 0.116. The SMILES string of the molecule is O=C1CC[C@H](Nc2ccc(N3CCN(C(=O)CCCCCCCCCCCCC(=O)OC(=O)C(F)(F)F)CC3)cc2)C(=O)N1. The van der Waals surface area contributed by atoms with Crippen molar-refractivity contribution in [2.75, 3.05) is 36.4 Å². The van der Waals surface area contributed by atoms with Gasteiger partial charge in [0.25, 0.3) is 0 Å². The summed E-state index contributed by atoms with van der Waals surface area (Å²) in [7, 11) is 0. The second-order valence-corrected chi connectivity index (χ2v) is 11.4. The molecule has 3 amide bonds. The van der Waals surface area contributed by atoms with Gasteiger partial charge in [0.05, 0.1) is 0 Å². The Morgan fingerprint density at radius 2 is 1.36 bits per heavy atom. The molecular formula is C31H43F3N4O6. The van der Waals surface area contributed by atoms with Gasteiger partial charge in [-0.1, -0.05) is 51.4 Å². The van der Waals surface area contributed by atoms with E-state index in [1.54, 1.807) is 0 Å². The number of amides is 3. The van der Waals surface area contributed by atoms with Crippen LogP contribution in [0.3, 0.4) is 0 Å². The number of ether oxygens (including phenoxy) is 1. The normalized spacial score (nSPS) is 17.3. The number of halogens is 3. The van der Waals surface area contributed by atoms with Crippen molar-refractivity contribution in [3.63, 3.8) is 0 Å². The van der Waals surface area contributed by atoms with Crippen LogP contribution in [0.4, 0.5) is 24.5 Å². The first-order valence-electron chi connectivity index (χ1n) is 15.6. The maximum atomic E-state index is 12.7. The average Bonchev–Trinajstić information content (AvgIpc) is 2.99. The fourth-order valence-electron chi connectivity index (χ4n) is 5.35. The first-order chi connectivity index (χ1) is 21.0. The number of imide groups is 1. The summed E-state index contributed by atoms with van der Waals surface area (Å²) in [6.45, 7) is 2.88. The molecule has 1 aromatic carbocycles. The number of nitrogens with one attached hydrogen (secondary N) is 2. The molecule has 0 unspecified atom stereocenters. The van der Waals surface area contributed by atoms with Crippen LogP contribution in [0.1, 0.15) is 89.9 Å². The lowest BCUT2D eigenvalue weighted by Crippen LogP contribution is -2.48. The highest BCUT2D eigenvalue weighted by molar-refractivity contribution is 6.01. The molecule has 10 nitrogen and oxygen atoms in total. The minimum atomic E-state index is -5.15. The predicted octanol–water partition coefficient (Wildman–Crippen LogP) is 4.87. The Balaban J connectivity index is 1.16. The van der Waals surface area contributed by atoms with Crippen molar-refractivity contribution in [2.45, 2.75) is 102 Å². The van der Waals surface area contributed by atoms with E-state index >= 15 is 0 Å². The molecule has 244 valence electrons. The zero-order chi connectivity index (χ0) is 32.0.